The predicted molar refractivity (Wildman–Crippen MR) is 452 cm³/mol. The maximum Gasteiger partial charge on any atom is 0.164 e. The van der Waals surface area contributed by atoms with Gasteiger partial charge in [-0.05, 0) is 189 Å². The van der Waals surface area contributed by atoms with Gasteiger partial charge in [-0.15, -0.1) is 0 Å². The van der Waals surface area contributed by atoms with E-state index in [2.05, 4.69) is 352 Å². The fraction of sp³-hybridized carbons (Fsp3) is 0.0192. The SMILES string of the molecule is c1ccc(-c2ccc(-c3nc(-c4ccccc4)nc(-c4cc(-c5ccccc5)cc(-c5cccc6c5Cc5c(-c7ccccc7)cccc5-6)c4)n3)cc2)cc1.c1ccc(-c2cccc(-c3nc(-c4ccccc4)nc(-c4cc(-c5ccccc5)cc(-c5cccc6c5Cc5c(-c7ccccc7)cccc5-6)c4)n3)c2)cc1. The molecule has 0 atom stereocenters. The first kappa shape index (κ1) is 66.2. The molecule has 0 spiro atoms. The van der Waals surface area contributed by atoms with Crippen LogP contribution >= 0.6 is 0 Å². The maximum atomic E-state index is 5.23. The van der Waals surface area contributed by atoms with E-state index < -0.39 is 0 Å². The van der Waals surface area contributed by atoms with E-state index in [1.165, 1.54) is 83.5 Å². The molecule has 0 bridgehead atoms. The second kappa shape index (κ2) is 29.5. The number of rotatable bonds is 14. The summed E-state index contributed by atoms with van der Waals surface area (Å²) in [6, 6.07) is 141. The van der Waals surface area contributed by atoms with Crippen LogP contribution in [0.15, 0.2) is 400 Å². The molecule has 0 saturated carbocycles. The van der Waals surface area contributed by atoms with Gasteiger partial charge in [0.25, 0.3) is 0 Å². The van der Waals surface area contributed by atoms with Crippen molar-refractivity contribution >= 4 is 0 Å². The molecule has 110 heavy (non-hydrogen) atoms. The molecule has 0 aliphatic heterocycles. The average Bonchev–Trinajstić information content (AvgIpc) is 1.53. The molecule has 2 aliphatic carbocycles. The largest absolute Gasteiger partial charge is 0.208 e. The van der Waals surface area contributed by atoms with Crippen LogP contribution in [-0.4, -0.2) is 29.9 Å². The van der Waals surface area contributed by atoms with Crippen molar-refractivity contribution in [3.05, 3.63) is 423 Å². The van der Waals surface area contributed by atoms with E-state index in [1.807, 2.05) is 48.5 Å². The van der Waals surface area contributed by atoms with Gasteiger partial charge in [0.15, 0.2) is 34.9 Å². The zero-order valence-electron chi connectivity index (χ0n) is 60.2. The Bertz CT molecular complexity index is 6400. The van der Waals surface area contributed by atoms with Crippen molar-refractivity contribution in [2.45, 2.75) is 12.8 Å². The van der Waals surface area contributed by atoms with Gasteiger partial charge in [-0.3, -0.25) is 0 Å². The van der Waals surface area contributed by atoms with E-state index in [1.54, 1.807) is 0 Å². The normalized spacial score (nSPS) is 11.6. The summed E-state index contributed by atoms with van der Waals surface area (Å²) in [6.45, 7) is 0. The molecule has 0 unspecified atom stereocenters. The summed E-state index contributed by atoms with van der Waals surface area (Å²) in [7, 11) is 0. The van der Waals surface area contributed by atoms with Crippen molar-refractivity contribution in [3.8, 4) is 180 Å². The summed E-state index contributed by atoms with van der Waals surface area (Å²) >= 11 is 0. The predicted octanol–water partition coefficient (Wildman–Crippen LogP) is 26.2. The molecule has 6 nitrogen and oxygen atoms in total. The molecule has 0 fully saturated rings. The fourth-order valence-corrected chi connectivity index (χ4v) is 15.8. The first-order chi connectivity index (χ1) is 54.5. The quantitative estimate of drug-likeness (QED) is 0.108. The highest BCUT2D eigenvalue weighted by atomic mass is 15.0. The Kier molecular flexibility index (Phi) is 17.7. The monoisotopic (exact) mass is 1400 g/mol. The first-order valence-electron chi connectivity index (χ1n) is 37.5. The van der Waals surface area contributed by atoms with Crippen LogP contribution in [0.1, 0.15) is 22.3 Å². The molecule has 0 N–H and O–H groups in total. The standard InChI is InChI=1S/2C52H35N3/c1-5-16-35(17-6-1)39-24-13-25-40(30-39)51-53-50(38-22-11-4-12-23-38)54-52(55-51)43-32-41(36-18-7-2-8-19-36)31-42(33-43)45-27-15-29-47-46-28-14-26-44(48(46)34-49(45)47)37-20-9-3-10-21-37;1-5-15-35(16-6-1)37-27-29-40(30-28-37)51-53-50(39-21-11-4-12-22-39)54-52(55-51)43-32-41(36-17-7-2-8-18-36)31-42(33-43)45-24-14-26-47-46-25-13-23-44(48(46)34-49(45)47)38-19-9-3-10-20-38/h2*1-33H,34H2. The highest BCUT2D eigenvalue weighted by Gasteiger charge is 2.28. The van der Waals surface area contributed by atoms with Gasteiger partial charge >= 0.3 is 0 Å². The molecule has 16 aromatic carbocycles. The topological polar surface area (TPSA) is 77.3 Å². The summed E-state index contributed by atoms with van der Waals surface area (Å²) in [6.07, 6.45) is 1.73. The maximum absolute atomic E-state index is 5.23. The van der Waals surface area contributed by atoms with Crippen molar-refractivity contribution in [3.63, 3.8) is 0 Å². The van der Waals surface area contributed by atoms with Crippen molar-refractivity contribution in [2.75, 3.05) is 0 Å². The molecule has 0 saturated heterocycles. The second-order valence-corrected chi connectivity index (χ2v) is 28.0. The third-order valence-corrected chi connectivity index (χ3v) is 21.2. The van der Waals surface area contributed by atoms with Gasteiger partial charge in [-0.25, -0.2) is 29.9 Å². The molecule has 0 radical (unpaired) electrons. The van der Waals surface area contributed by atoms with Gasteiger partial charge in [0.05, 0.1) is 0 Å². The van der Waals surface area contributed by atoms with E-state index in [-0.39, 0.29) is 0 Å². The van der Waals surface area contributed by atoms with Crippen LogP contribution < -0.4 is 0 Å². The molecule has 6 heteroatoms. The molecular formula is C104H70N6. The Morgan fingerprint density at radius 3 is 0.655 bits per heavy atom. The van der Waals surface area contributed by atoms with Crippen LogP contribution in [0.4, 0.5) is 0 Å². The Morgan fingerprint density at radius 1 is 0.118 bits per heavy atom. The van der Waals surface area contributed by atoms with Gasteiger partial charge in [-0.2, -0.15) is 0 Å². The molecule has 2 aliphatic rings. The average molecular weight is 1400 g/mol. The van der Waals surface area contributed by atoms with Gasteiger partial charge < -0.3 is 0 Å². The Morgan fingerprint density at radius 2 is 0.309 bits per heavy atom. The molecule has 0 amide bonds. The van der Waals surface area contributed by atoms with Gasteiger partial charge in [0.2, 0.25) is 0 Å². The van der Waals surface area contributed by atoms with Crippen molar-refractivity contribution in [2.24, 2.45) is 0 Å². The molecule has 2 aromatic heterocycles. The Hall–Kier alpha value is -14.5. The summed E-state index contributed by atoms with van der Waals surface area (Å²) in [5, 5.41) is 0. The number of aromatic nitrogens is 6. The van der Waals surface area contributed by atoms with Crippen molar-refractivity contribution < 1.29 is 0 Å². The smallest absolute Gasteiger partial charge is 0.164 e. The third kappa shape index (κ3) is 13.3. The zero-order chi connectivity index (χ0) is 73.1. The van der Waals surface area contributed by atoms with Crippen LogP contribution in [0.5, 0.6) is 0 Å². The van der Waals surface area contributed by atoms with E-state index in [0.717, 1.165) is 96.3 Å². The lowest BCUT2D eigenvalue weighted by Crippen LogP contribution is -2.01. The van der Waals surface area contributed by atoms with Crippen molar-refractivity contribution in [1.29, 1.82) is 0 Å². The van der Waals surface area contributed by atoms with Crippen LogP contribution in [0, 0.1) is 0 Å². The third-order valence-electron chi connectivity index (χ3n) is 21.2. The van der Waals surface area contributed by atoms with Crippen molar-refractivity contribution in [1.82, 2.24) is 29.9 Å². The minimum absolute atomic E-state index is 0.634. The molecular weight excluding hydrogens is 1330 g/mol. The number of hydrogen-bond donors (Lipinski definition) is 0. The van der Waals surface area contributed by atoms with Crippen LogP contribution in [0.25, 0.3) is 180 Å². The number of nitrogens with zero attached hydrogens (tertiary/aromatic N) is 6. The number of fused-ring (bicyclic) bond motifs is 6. The first-order valence-corrected chi connectivity index (χ1v) is 37.5. The van der Waals surface area contributed by atoms with E-state index >= 15 is 0 Å². The molecule has 2 heterocycles. The number of hydrogen-bond acceptors (Lipinski definition) is 6. The van der Waals surface area contributed by atoms with Gasteiger partial charge in [-0.1, -0.05) is 358 Å². The lowest BCUT2D eigenvalue weighted by atomic mass is 9.91. The highest BCUT2D eigenvalue weighted by Crippen LogP contribution is 2.49. The molecule has 516 valence electrons. The van der Waals surface area contributed by atoms with Crippen LogP contribution in [-0.2, 0) is 12.8 Å². The van der Waals surface area contributed by atoms with E-state index in [0.29, 0.717) is 34.9 Å². The highest BCUT2D eigenvalue weighted by molar-refractivity contribution is 5.94. The lowest BCUT2D eigenvalue weighted by molar-refractivity contribution is 1.07. The van der Waals surface area contributed by atoms with E-state index in [4.69, 9.17) is 29.9 Å². The molecule has 20 rings (SSSR count). The van der Waals surface area contributed by atoms with Gasteiger partial charge in [0.1, 0.15) is 0 Å². The summed E-state index contributed by atoms with van der Waals surface area (Å²) in [5.41, 5.74) is 35.2. The second-order valence-electron chi connectivity index (χ2n) is 28.0. The summed E-state index contributed by atoms with van der Waals surface area (Å²) < 4.78 is 0. The minimum atomic E-state index is 0.634. The van der Waals surface area contributed by atoms with E-state index in [9.17, 15) is 0 Å². The van der Waals surface area contributed by atoms with Crippen LogP contribution in [0.2, 0.25) is 0 Å². The zero-order valence-corrected chi connectivity index (χ0v) is 60.2. The fourth-order valence-electron chi connectivity index (χ4n) is 15.8. The van der Waals surface area contributed by atoms with Crippen LogP contribution in [0.3, 0.4) is 0 Å². The summed E-state index contributed by atoms with van der Waals surface area (Å²) in [5.74, 6) is 3.83. The summed E-state index contributed by atoms with van der Waals surface area (Å²) in [4.78, 5) is 30.9. The Balaban J connectivity index is 0.000000149. The Labute approximate surface area is 640 Å². The minimum Gasteiger partial charge on any atom is -0.208 e. The lowest BCUT2D eigenvalue weighted by Gasteiger charge is -2.15. The molecule has 18 aromatic rings. The van der Waals surface area contributed by atoms with Gasteiger partial charge in [0, 0.05) is 33.4 Å². The number of benzene rings is 16.